The Balaban J connectivity index is -0.000000519. The van der Waals surface area contributed by atoms with Gasteiger partial charge in [-0.25, -0.2) is 35.1 Å². The van der Waals surface area contributed by atoms with Crippen LogP contribution in [0.4, 0.5) is 46.5 Å². The molecule has 0 atom stereocenters. The monoisotopic (exact) mass is 808 g/mol. The van der Waals surface area contributed by atoms with E-state index in [0.717, 1.165) is 36.4 Å². The van der Waals surface area contributed by atoms with Crippen molar-refractivity contribution in [3.63, 3.8) is 0 Å². The van der Waals surface area contributed by atoms with Gasteiger partial charge < -0.3 is 16.2 Å². The maximum Gasteiger partial charge on any atom is 1.00 e. The Bertz CT molecular complexity index is 1310. The van der Waals surface area contributed by atoms with Gasteiger partial charge in [0.15, 0.2) is 23.3 Å². The standard InChI is InChI=1S/C6H3Cl3.2C6H3ClF2.2C6H5F2N.CH4.FH.K/c7-4-2-1-3-5(8)6(4)9;7-6-4(8)2-1-3-5(6)9;7-4-2-1-3-5(8)6(4)9;7-4-2-1-3-5(9)6(4)8;7-4-2-1-3-5(8)6(4)9;;;/h3*1-3H;2*1-3H,9H2;1H4;1H;/q;;;;;;;+1/p-1. The Hall–Kier alpha value is -1.84. The third-order valence-corrected chi connectivity index (χ3v) is 6.58. The van der Waals surface area contributed by atoms with Crippen molar-refractivity contribution < 1.29 is 91.2 Å². The van der Waals surface area contributed by atoms with E-state index in [2.05, 4.69) is 0 Å². The quantitative estimate of drug-likeness (QED) is 0.0801. The number of anilines is 2. The molecule has 2 nitrogen and oxygen atoms in total. The summed E-state index contributed by atoms with van der Waals surface area (Å²) in [4.78, 5) is 0. The molecule has 0 aliphatic rings. The molecule has 17 heteroatoms. The number of para-hydroxylation sites is 1. The zero-order valence-corrected chi connectivity index (χ0v) is 30.5. The van der Waals surface area contributed by atoms with Crippen molar-refractivity contribution in [2.75, 3.05) is 11.5 Å². The summed E-state index contributed by atoms with van der Waals surface area (Å²) in [5, 5.41) is 0.765. The predicted molar refractivity (Wildman–Crippen MR) is 172 cm³/mol. The molecule has 256 valence electrons. The van der Waals surface area contributed by atoms with Gasteiger partial charge in [-0.2, -0.15) is 0 Å². The van der Waals surface area contributed by atoms with E-state index in [1.54, 1.807) is 18.2 Å². The Labute approximate surface area is 338 Å². The summed E-state index contributed by atoms with van der Waals surface area (Å²) in [5.41, 5.74) is 9.36. The van der Waals surface area contributed by atoms with Crippen LogP contribution >= 0.6 is 58.0 Å². The van der Waals surface area contributed by atoms with Gasteiger partial charge in [-0.05, 0) is 60.7 Å². The first-order valence-electron chi connectivity index (χ1n) is 11.8. The number of hydrogen-bond acceptors (Lipinski definition) is 2. The van der Waals surface area contributed by atoms with Crippen LogP contribution in [0.3, 0.4) is 0 Å². The largest absolute Gasteiger partial charge is 1.00 e. The first-order chi connectivity index (χ1) is 21.1. The number of nitrogen functional groups attached to an aromatic ring is 2. The van der Waals surface area contributed by atoms with E-state index in [4.69, 9.17) is 69.5 Å². The minimum absolute atomic E-state index is 0. The summed E-state index contributed by atoms with van der Waals surface area (Å²) < 4.78 is 97.5. The zero-order chi connectivity index (χ0) is 34.3. The first kappa shape index (κ1) is 50.5. The molecule has 0 unspecified atom stereocenters. The molecule has 0 bridgehead atoms. The topological polar surface area (TPSA) is 52.0 Å². The number of nitrogens with two attached hydrogens (primary N) is 2. The van der Waals surface area contributed by atoms with Gasteiger partial charge in [0.05, 0.1) is 25.8 Å². The number of rotatable bonds is 0. The molecule has 0 aromatic heterocycles. The van der Waals surface area contributed by atoms with Crippen LogP contribution in [0.5, 0.6) is 0 Å². The fraction of sp³-hybridized carbons (Fsp3) is 0.0323. The Morgan fingerprint density at radius 1 is 0.396 bits per heavy atom. The van der Waals surface area contributed by atoms with Crippen LogP contribution < -0.4 is 67.6 Å². The maximum atomic E-state index is 12.2. The molecule has 48 heavy (non-hydrogen) atoms. The van der Waals surface area contributed by atoms with E-state index in [1.807, 2.05) is 0 Å². The van der Waals surface area contributed by atoms with Crippen LogP contribution in [0.15, 0.2) is 91.0 Å². The molecule has 5 aromatic rings. The van der Waals surface area contributed by atoms with E-state index in [9.17, 15) is 35.1 Å². The van der Waals surface area contributed by atoms with E-state index in [1.165, 1.54) is 36.4 Å². The fourth-order valence-electron chi connectivity index (χ4n) is 2.46. The molecular weight excluding hydrogens is 788 g/mol. The fourth-order valence-corrected chi connectivity index (χ4v) is 3.28. The molecule has 0 saturated carbocycles. The molecular formula is C31H23Cl5F9KN2. The molecule has 0 aliphatic carbocycles. The summed E-state index contributed by atoms with van der Waals surface area (Å²) in [5.74, 6) is -6.66. The number of hydrogen-bond donors (Lipinski definition) is 2. The van der Waals surface area contributed by atoms with E-state index >= 15 is 0 Å². The molecule has 0 radical (unpaired) electrons. The smallest absolute Gasteiger partial charge is 1.00 e. The average molecular weight is 811 g/mol. The van der Waals surface area contributed by atoms with Crippen LogP contribution in [0.2, 0.25) is 25.1 Å². The normalized spacial score (nSPS) is 9.02. The van der Waals surface area contributed by atoms with Crippen LogP contribution in [0.1, 0.15) is 7.43 Å². The van der Waals surface area contributed by atoms with Gasteiger partial charge in [0.25, 0.3) is 0 Å². The summed E-state index contributed by atoms with van der Waals surface area (Å²) in [7, 11) is 0. The van der Waals surface area contributed by atoms with Gasteiger partial charge in [0, 0.05) is 0 Å². The van der Waals surface area contributed by atoms with E-state index in [-0.39, 0.29) is 74.2 Å². The van der Waals surface area contributed by atoms with Gasteiger partial charge in [-0.1, -0.05) is 95.8 Å². The van der Waals surface area contributed by atoms with Crippen LogP contribution in [0.25, 0.3) is 0 Å². The molecule has 0 aliphatic heterocycles. The van der Waals surface area contributed by atoms with Crippen LogP contribution in [-0.4, -0.2) is 0 Å². The molecule has 0 fully saturated rings. The van der Waals surface area contributed by atoms with Crippen LogP contribution in [-0.2, 0) is 0 Å². The van der Waals surface area contributed by atoms with Gasteiger partial charge >= 0.3 is 51.4 Å². The zero-order valence-electron chi connectivity index (χ0n) is 23.6. The summed E-state index contributed by atoms with van der Waals surface area (Å²) in [6, 6.07) is 19.4. The van der Waals surface area contributed by atoms with Crippen molar-refractivity contribution in [2.24, 2.45) is 0 Å². The summed E-state index contributed by atoms with van der Waals surface area (Å²) >= 11 is 27.1. The minimum atomic E-state index is -0.987. The van der Waals surface area contributed by atoms with Gasteiger partial charge in [-0.15, -0.1) is 0 Å². The molecule has 0 heterocycles. The predicted octanol–water partition coefficient (Wildman–Crippen LogP) is 6.62. The third-order valence-electron chi connectivity index (χ3n) is 4.69. The van der Waals surface area contributed by atoms with Gasteiger partial charge in [0.2, 0.25) is 0 Å². The second-order valence-corrected chi connectivity index (χ2v) is 9.86. The first-order valence-corrected chi connectivity index (χ1v) is 13.6. The van der Waals surface area contributed by atoms with Crippen molar-refractivity contribution in [3.05, 3.63) is 163 Å². The molecule has 4 N–H and O–H groups in total. The van der Waals surface area contributed by atoms with Gasteiger partial charge in [0.1, 0.15) is 34.0 Å². The van der Waals surface area contributed by atoms with Crippen molar-refractivity contribution in [2.45, 2.75) is 7.43 Å². The van der Waals surface area contributed by atoms with Crippen molar-refractivity contribution in [3.8, 4) is 0 Å². The van der Waals surface area contributed by atoms with Crippen molar-refractivity contribution in [1.29, 1.82) is 0 Å². The van der Waals surface area contributed by atoms with E-state index in [0.29, 0.717) is 15.1 Å². The second-order valence-electron chi connectivity index (χ2n) is 7.89. The molecule has 0 saturated heterocycles. The summed E-state index contributed by atoms with van der Waals surface area (Å²) in [6.07, 6.45) is 0. The summed E-state index contributed by atoms with van der Waals surface area (Å²) in [6.45, 7) is 0. The Morgan fingerprint density at radius 3 is 1.02 bits per heavy atom. The maximum absolute atomic E-state index is 12.2. The van der Waals surface area contributed by atoms with Crippen molar-refractivity contribution in [1.82, 2.24) is 0 Å². The number of benzene rings is 5. The molecule has 5 aromatic carbocycles. The number of halogens is 14. The Morgan fingerprint density at radius 2 is 0.708 bits per heavy atom. The molecule has 5 rings (SSSR count). The van der Waals surface area contributed by atoms with Crippen molar-refractivity contribution >= 4 is 69.4 Å². The average Bonchev–Trinajstić information content (AvgIpc) is 3.00. The van der Waals surface area contributed by atoms with E-state index < -0.39 is 57.2 Å². The third kappa shape index (κ3) is 17.7. The molecule has 0 amide bonds. The Kier molecular flexibility index (Phi) is 27.4. The van der Waals surface area contributed by atoms with Crippen LogP contribution in [0, 0.1) is 46.5 Å². The van der Waals surface area contributed by atoms with Gasteiger partial charge in [-0.3, -0.25) is 0 Å². The SMILES string of the molecule is C.Clc1cccc(Cl)c1Cl.Fc1cccc(Cl)c1F.Fc1cccc(F)c1Cl.Nc1c(F)cccc1F.Nc1cccc(F)c1F.[F-].[K+]. The molecule has 0 spiro atoms. The minimum Gasteiger partial charge on any atom is -1.00 e. The second kappa shape index (κ2) is 26.0.